The number of benzene rings is 1. The monoisotopic (exact) mass is 322 g/mol. The van der Waals surface area contributed by atoms with Crippen molar-refractivity contribution in [3.8, 4) is 0 Å². The summed E-state index contributed by atoms with van der Waals surface area (Å²) in [5.41, 5.74) is 2.32. The Morgan fingerprint density at radius 1 is 1.42 bits per heavy atom. The van der Waals surface area contributed by atoms with Gasteiger partial charge in [0, 0.05) is 16.1 Å². The zero-order valence-electron chi connectivity index (χ0n) is 11.1. The predicted octanol–water partition coefficient (Wildman–Crippen LogP) is 3.09. The highest BCUT2D eigenvalue weighted by molar-refractivity contribution is 9.10. The average Bonchev–Trinajstić information content (AvgIpc) is 3.09. The SMILES string of the molecule is Cc1c(Br)cccc1NC(=O)C1CC12CCNCC2. The summed E-state index contributed by atoms with van der Waals surface area (Å²) in [6.07, 6.45) is 3.35. The van der Waals surface area contributed by atoms with Gasteiger partial charge in [-0.25, -0.2) is 0 Å². The number of carbonyl (C=O) groups is 1. The number of amides is 1. The van der Waals surface area contributed by atoms with Crippen molar-refractivity contribution in [2.75, 3.05) is 18.4 Å². The molecule has 3 nitrogen and oxygen atoms in total. The maximum atomic E-state index is 12.4. The molecule has 1 aliphatic carbocycles. The third kappa shape index (κ3) is 2.43. The minimum atomic E-state index is 0.197. The predicted molar refractivity (Wildman–Crippen MR) is 80.2 cm³/mol. The largest absolute Gasteiger partial charge is 0.326 e. The van der Waals surface area contributed by atoms with E-state index in [0.717, 1.165) is 48.1 Å². The molecule has 1 saturated carbocycles. The number of halogens is 1. The highest BCUT2D eigenvalue weighted by atomic mass is 79.9. The average molecular weight is 323 g/mol. The van der Waals surface area contributed by atoms with Crippen molar-refractivity contribution < 1.29 is 4.79 Å². The first-order chi connectivity index (χ1) is 9.12. The summed E-state index contributed by atoms with van der Waals surface area (Å²) >= 11 is 3.50. The number of carbonyl (C=O) groups excluding carboxylic acids is 1. The van der Waals surface area contributed by atoms with E-state index >= 15 is 0 Å². The van der Waals surface area contributed by atoms with Crippen LogP contribution in [0.5, 0.6) is 0 Å². The fourth-order valence-corrected chi connectivity index (χ4v) is 3.52. The fourth-order valence-electron chi connectivity index (χ4n) is 3.16. The maximum Gasteiger partial charge on any atom is 0.228 e. The number of anilines is 1. The van der Waals surface area contributed by atoms with Crippen LogP contribution in [-0.2, 0) is 4.79 Å². The number of hydrogen-bond donors (Lipinski definition) is 2. The Kier molecular flexibility index (Phi) is 3.39. The van der Waals surface area contributed by atoms with Gasteiger partial charge in [0.25, 0.3) is 0 Å². The number of rotatable bonds is 2. The van der Waals surface area contributed by atoms with Crippen LogP contribution in [0, 0.1) is 18.3 Å². The number of piperidine rings is 1. The van der Waals surface area contributed by atoms with Gasteiger partial charge in [-0.1, -0.05) is 22.0 Å². The first kappa shape index (κ1) is 13.1. The second-order valence-electron chi connectivity index (χ2n) is 5.77. The van der Waals surface area contributed by atoms with Gasteiger partial charge >= 0.3 is 0 Å². The molecule has 1 saturated heterocycles. The standard InChI is InChI=1S/C15H19BrN2O/c1-10-12(16)3-2-4-13(10)18-14(19)11-9-15(11)5-7-17-8-6-15/h2-4,11,17H,5-9H2,1H3,(H,18,19). The summed E-state index contributed by atoms with van der Waals surface area (Å²) in [4.78, 5) is 12.4. The van der Waals surface area contributed by atoms with Crippen LogP contribution >= 0.6 is 15.9 Å². The summed E-state index contributed by atoms with van der Waals surface area (Å²) in [5, 5.41) is 6.46. The molecule has 1 aliphatic heterocycles. The molecule has 1 spiro atoms. The van der Waals surface area contributed by atoms with E-state index < -0.39 is 0 Å². The zero-order chi connectivity index (χ0) is 13.5. The van der Waals surface area contributed by atoms with E-state index in [4.69, 9.17) is 0 Å². The second kappa shape index (κ2) is 4.91. The van der Waals surface area contributed by atoms with Crippen LogP contribution in [0.2, 0.25) is 0 Å². The van der Waals surface area contributed by atoms with Crippen molar-refractivity contribution in [2.24, 2.45) is 11.3 Å². The van der Waals surface area contributed by atoms with Gasteiger partial charge in [-0.2, -0.15) is 0 Å². The normalized spacial score (nSPS) is 24.2. The molecule has 4 heteroatoms. The molecule has 1 aromatic carbocycles. The lowest BCUT2D eigenvalue weighted by molar-refractivity contribution is -0.118. The lowest BCUT2D eigenvalue weighted by atomic mass is 9.91. The molecular formula is C15H19BrN2O. The summed E-state index contributed by atoms with van der Waals surface area (Å²) in [6.45, 7) is 4.13. The van der Waals surface area contributed by atoms with Crippen LogP contribution in [0.1, 0.15) is 24.8 Å². The highest BCUT2D eigenvalue weighted by Gasteiger charge is 2.57. The quantitative estimate of drug-likeness (QED) is 0.878. The summed E-state index contributed by atoms with van der Waals surface area (Å²) in [5.74, 6) is 0.413. The molecule has 1 heterocycles. The summed E-state index contributed by atoms with van der Waals surface area (Å²) < 4.78 is 1.04. The Morgan fingerprint density at radius 3 is 2.89 bits per heavy atom. The molecule has 0 bridgehead atoms. The van der Waals surface area contributed by atoms with Crippen molar-refractivity contribution in [3.63, 3.8) is 0 Å². The second-order valence-corrected chi connectivity index (χ2v) is 6.63. The van der Waals surface area contributed by atoms with Gasteiger partial charge in [-0.3, -0.25) is 4.79 Å². The molecule has 3 rings (SSSR count). The third-order valence-corrected chi connectivity index (χ3v) is 5.49. The summed E-state index contributed by atoms with van der Waals surface area (Å²) in [7, 11) is 0. The highest BCUT2D eigenvalue weighted by Crippen LogP contribution is 2.58. The molecule has 1 atom stereocenters. The van der Waals surface area contributed by atoms with E-state index in [1.807, 2.05) is 25.1 Å². The third-order valence-electron chi connectivity index (χ3n) is 4.63. The van der Waals surface area contributed by atoms with E-state index in [0.29, 0.717) is 5.41 Å². The Labute approximate surface area is 122 Å². The molecule has 2 fully saturated rings. The van der Waals surface area contributed by atoms with Gasteiger partial charge in [-0.05, 0) is 62.4 Å². The Balaban J connectivity index is 1.68. The Bertz CT molecular complexity index is 509. The van der Waals surface area contributed by atoms with Gasteiger partial charge in [0.15, 0.2) is 0 Å². The van der Waals surface area contributed by atoms with Gasteiger partial charge < -0.3 is 10.6 Å². The fraction of sp³-hybridized carbons (Fsp3) is 0.533. The first-order valence-electron chi connectivity index (χ1n) is 6.89. The number of nitrogens with one attached hydrogen (secondary N) is 2. The van der Waals surface area contributed by atoms with Crippen molar-refractivity contribution in [3.05, 3.63) is 28.2 Å². The van der Waals surface area contributed by atoms with Crippen LogP contribution < -0.4 is 10.6 Å². The first-order valence-corrected chi connectivity index (χ1v) is 7.68. The van der Waals surface area contributed by atoms with Crippen molar-refractivity contribution in [2.45, 2.75) is 26.2 Å². The molecule has 0 aromatic heterocycles. The molecule has 2 N–H and O–H groups in total. The summed E-state index contributed by atoms with van der Waals surface area (Å²) in [6, 6.07) is 5.92. The molecule has 1 aromatic rings. The Hall–Kier alpha value is -0.870. The van der Waals surface area contributed by atoms with Crippen LogP contribution in [-0.4, -0.2) is 19.0 Å². The maximum absolute atomic E-state index is 12.4. The minimum Gasteiger partial charge on any atom is -0.326 e. The van der Waals surface area contributed by atoms with Crippen LogP contribution in [0.15, 0.2) is 22.7 Å². The molecule has 1 amide bonds. The van der Waals surface area contributed by atoms with E-state index in [2.05, 4.69) is 26.6 Å². The molecule has 102 valence electrons. The van der Waals surface area contributed by atoms with Crippen molar-refractivity contribution in [1.29, 1.82) is 0 Å². The van der Waals surface area contributed by atoms with Gasteiger partial charge in [0.1, 0.15) is 0 Å². The minimum absolute atomic E-state index is 0.197. The lowest BCUT2D eigenvalue weighted by Crippen LogP contribution is -2.31. The van der Waals surface area contributed by atoms with Gasteiger partial charge in [-0.15, -0.1) is 0 Å². The molecule has 19 heavy (non-hydrogen) atoms. The van der Waals surface area contributed by atoms with E-state index in [-0.39, 0.29) is 11.8 Å². The van der Waals surface area contributed by atoms with Crippen LogP contribution in [0.3, 0.4) is 0 Å². The van der Waals surface area contributed by atoms with E-state index in [9.17, 15) is 4.79 Å². The van der Waals surface area contributed by atoms with Crippen LogP contribution in [0.25, 0.3) is 0 Å². The lowest BCUT2D eigenvalue weighted by Gasteiger charge is -2.23. The van der Waals surface area contributed by atoms with E-state index in [1.54, 1.807) is 0 Å². The van der Waals surface area contributed by atoms with Gasteiger partial charge in [0.2, 0.25) is 5.91 Å². The molecule has 1 unspecified atom stereocenters. The zero-order valence-corrected chi connectivity index (χ0v) is 12.7. The molecular weight excluding hydrogens is 304 g/mol. The smallest absolute Gasteiger partial charge is 0.228 e. The number of hydrogen-bond acceptors (Lipinski definition) is 2. The topological polar surface area (TPSA) is 41.1 Å². The Morgan fingerprint density at radius 2 is 2.16 bits per heavy atom. The molecule has 2 aliphatic rings. The van der Waals surface area contributed by atoms with Crippen molar-refractivity contribution in [1.82, 2.24) is 5.32 Å². The molecule has 0 radical (unpaired) electrons. The van der Waals surface area contributed by atoms with Crippen LogP contribution in [0.4, 0.5) is 5.69 Å². The van der Waals surface area contributed by atoms with Gasteiger partial charge in [0.05, 0.1) is 0 Å². The van der Waals surface area contributed by atoms with Crippen molar-refractivity contribution >= 4 is 27.5 Å². The van der Waals surface area contributed by atoms with E-state index in [1.165, 1.54) is 0 Å².